The van der Waals surface area contributed by atoms with Crippen LogP contribution in [0.2, 0.25) is 0 Å². The van der Waals surface area contributed by atoms with Crippen molar-refractivity contribution in [3.8, 4) is 33.4 Å². The van der Waals surface area contributed by atoms with Crippen molar-refractivity contribution in [1.29, 1.82) is 0 Å². The third-order valence-electron chi connectivity index (χ3n) is 12.7. The van der Waals surface area contributed by atoms with Crippen molar-refractivity contribution in [3.63, 3.8) is 0 Å². The molecule has 2 N–H and O–H groups in total. The van der Waals surface area contributed by atoms with Gasteiger partial charge in [0.2, 0.25) is 0 Å². The van der Waals surface area contributed by atoms with Gasteiger partial charge in [0, 0.05) is 64.1 Å². The second-order valence-electron chi connectivity index (χ2n) is 16.8. The molecule has 5 nitrogen and oxygen atoms in total. The van der Waals surface area contributed by atoms with E-state index in [0.29, 0.717) is 5.75 Å². The number of H-pyrrole nitrogens is 2. The van der Waals surface area contributed by atoms with Gasteiger partial charge in [-0.15, -0.1) is 0 Å². The molecule has 8 heteroatoms. The Labute approximate surface area is 426 Å². The van der Waals surface area contributed by atoms with Crippen molar-refractivity contribution in [3.05, 3.63) is 246 Å². The van der Waals surface area contributed by atoms with Gasteiger partial charge in [0.05, 0.1) is 28.2 Å². The van der Waals surface area contributed by atoms with E-state index in [1.807, 2.05) is 0 Å². The SMILES string of the molecule is CC(=O)SCc1ccc(-c2c3nc(c(-c4cccc(I)c4)c4ccc([nH]4)c(C(c4ccccc4)(c4ccccc4)c4ccccc4)c4nc(c(-c5cccc(I)c5)c5ccc2[nH]5)C=C4)C=C3)cc1. The lowest BCUT2D eigenvalue weighted by Crippen LogP contribution is -2.32. The van der Waals surface area contributed by atoms with Crippen molar-refractivity contribution >= 4 is 108 Å². The molecule has 0 saturated heterocycles. The quantitative estimate of drug-likeness (QED) is 0.112. The molecule has 8 bridgehead atoms. The maximum atomic E-state index is 11.9. The van der Waals surface area contributed by atoms with Crippen molar-refractivity contribution in [2.45, 2.75) is 18.1 Å². The summed E-state index contributed by atoms with van der Waals surface area (Å²) in [4.78, 5) is 31.2. The lowest BCUT2D eigenvalue weighted by atomic mass is 9.64. The Morgan fingerprint density at radius 1 is 0.471 bits per heavy atom. The van der Waals surface area contributed by atoms with Gasteiger partial charge < -0.3 is 9.97 Å². The second kappa shape index (κ2) is 18.8. The van der Waals surface area contributed by atoms with Gasteiger partial charge in [0.15, 0.2) is 5.12 Å². The number of carbonyl (C=O) groups excluding carboxylic acids is 1. The summed E-state index contributed by atoms with van der Waals surface area (Å²) in [5, 5.41) is 0.103. The van der Waals surface area contributed by atoms with Crippen molar-refractivity contribution < 1.29 is 4.79 Å². The largest absolute Gasteiger partial charge is 0.355 e. The molecule has 0 radical (unpaired) electrons. The molecule has 0 fully saturated rings. The predicted octanol–water partition coefficient (Wildman–Crippen LogP) is 16.0. The van der Waals surface area contributed by atoms with Crippen molar-refractivity contribution in [2.75, 3.05) is 0 Å². The number of aromatic amines is 2. The Balaban J connectivity index is 1.33. The number of hydrogen-bond donors (Lipinski definition) is 2. The van der Waals surface area contributed by atoms with E-state index in [4.69, 9.17) is 9.97 Å². The zero-order chi connectivity index (χ0) is 46.2. The van der Waals surface area contributed by atoms with Gasteiger partial charge in [-0.2, -0.15) is 0 Å². The number of fused-ring (bicyclic) bond motifs is 8. The summed E-state index contributed by atoms with van der Waals surface area (Å²) in [6.07, 6.45) is 8.65. The molecule has 0 saturated carbocycles. The highest BCUT2D eigenvalue weighted by molar-refractivity contribution is 14.1. The predicted molar refractivity (Wildman–Crippen MR) is 301 cm³/mol. The van der Waals surface area contributed by atoms with E-state index in [2.05, 4.69) is 268 Å². The third kappa shape index (κ3) is 8.28. The van der Waals surface area contributed by atoms with Crippen LogP contribution in [0.15, 0.2) is 188 Å². The number of rotatable bonds is 9. The molecule has 3 aromatic heterocycles. The Morgan fingerprint density at radius 2 is 0.882 bits per heavy atom. The van der Waals surface area contributed by atoms with Crippen LogP contribution in [0, 0.1) is 7.14 Å². The summed E-state index contributed by atoms with van der Waals surface area (Å²) in [5.41, 5.74) is 17.9. The van der Waals surface area contributed by atoms with E-state index in [-0.39, 0.29) is 5.12 Å². The number of aromatic nitrogens is 4. The van der Waals surface area contributed by atoms with E-state index < -0.39 is 5.41 Å². The van der Waals surface area contributed by atoms with Crippen LogP contribution in [0.1, 0.15) is 57.5 Å². The first-order chi connectivity index (χ1) is 33.3. The van der Waals surface area contributed by atoms with Crippen LogP contribution in [0.25, 0.3) is 79.8 Å². The number of nitrogens with zero attached hydrogens (tertiary/aromatic N) is 2. The van der Waals surface area contributed by atoms with E-state index >= 15 is 0 Å². The topological polar surface area (TPSA) is 74.4 Å². The number of benzene rings is 6. The first kappa shape index (κ1) is 43.9. The molecular formula is C60H42I2N4OS. The Kier molecular flexibility index (Phi) is 12.2. The smallest absolute Gasteiger partial charge is 0.186 e. The first-order valence-corrected chi connectivity index (χ1v) is 25.6. The van der Waals surface area contributed by atoms with Gasteiger partial charge in [-0.3, -0.25) is 4.79 Å². The number of nitrogens with one attached hydrogen (secondary N) is 2. The lowest BCUT2D eigenvalue weighted by Gasteiger charge is -2.37. The minimum absolute atomic E-state index is 0.103. The maximum Gasteiger partial charge on any atom is 0.186 e. The summed E-state index contributed by atoms with van der Waals surface area (Å²) in [6, 6.07) is 67.1. The standard InChI is InChI=1S/C60H42I2N4OS/c1-38(67)68-37-39-23-25-40(26-24-39)56-48-27-29-50(63-48)57(41-13-11-21-46(61)35-41)52-31-33-54(65-52)59(55-34-32-53(66-55)58(51-30-28-49(56)64-51)42-14-12-22-47(62)36-42)60(43-15-5-2-6-16-43,44-17-7-3-8-18-44)45-19-9-4-10-20-45/h2-36,63,66H,37H2,1H3. The molecule has 0 atom stereocenters. The van der Waals surface area contributed by atoms with Crippen LogP contribution in [0.4, 0.5) is 0 Å². The lowest BCUT2D eigenvalue weighted by molar-refractivity contribution is -0.109. The Morgan fingerprint density at radius 3 is 1.34 bits per heavy atom. The molecule has 6 aromatic carbocycles. The van der Waals surface area contributed by atoms with Crippen LogP contribution >= 0.6 is 56.9 Å². The van der Waals surface area contributed by atoms with Crippen LogP contribution in [0.3, 0.4) is 0 Å². The first-order valence-electron chi connectivity index (χ1n) is 22.4. The third-order valence-corrected chi connectivity index (χ3v) is 14.9. The molecular weight excluding hydrogens is 1080 g/mol. The van der Waals surface area contributed by atoms with Crippen molar-refractivity contribution in [2.24, 2.45) is 0 Å². The summed E-state index contributed by atoms with van der Waals surface area (Å²) in [6.45, 7) is 1.61. The van der Waals surface area contributed by atoms with Gasteiger partial charge in [-0.25, -0.2) is 9.97 Å². The summed E-state index contributed by atoms with van der Waals surface area (Å²) in [7, 11) is 0. The summed E-state index contributed by atoms with van der Waals surface area (Å²) < 4.78 is 2.26. The molecule has 0 spiro atoms. The maximum absolute atomic E-state index is 11.9. The number of hydrogen-bond acceptors (Lipinski definition) is 4. The summed E-state index contributed by atoms with van der Waals surface area (Å²) in [5.74, 6) is 0.619. The molecule has 328 valence electrons. The zero-order valence-corrected chi connectivity index (χ0v) is 42.0. The minimum Gasteiger partial charge on any atom is -0.355 e. The molecule has 5 heterocycles. The monoisotopic (exact) mass is 1120 g/mol. The molecule has 0 amide bonds. The highest BCUT2D eigenvalue weighted by Gasteiger charge is 2.41. The molecule has 0 unspecified atom stereocenters. The van der Waals surface area contributed by atoms with E-state index in [0.717, 1.165) is 113 Å². The highest BCUT2D eigenvalue weighted by atomic mass is 127. The molecule has 9 aromatic rings. The van der Waals surface area contributed by atoms with Gasteiger partial charge in [0.1, 0.15) is 0 Å². The number of thioether (sulfide) groups is 1. The average molecular weight is 1120 g/mol. The fourth-order valence-corrected chi connectivity index (χ4v) is 11.4. The minimum atomic E-state index is -0.823. The molecule has 2 aliphatic heterocycles. The molecule has 2 aliphatic rings. The van der Waals surface area contributed by atoms with Crippen LogP contribution < -0.4 is 0 Å². The molecule has 68 heavy (non-hydrogen) atoms. The number of carbonyl (C=O) groups is 1. The fraction of sp³-hybridized carbons (Fsp3) is 0.0500. The highest BCUT2D eigenvalue weighted by Crippen LogP contribution is 2.49. The van der Waals surface area contributed by atoms with E-state index in [9.17, 15) is 4.79 Å². The normalized spacial score (nSPS) is 12.1. The van der Waals surface area contributed by atoms with Crippen LogP contribution in [0.5, 0.6) is 0 Å². The second-order valence-corrected chi connectivity index (χ2v) is 20.5. The molecule has 0 aliphatic carbocycles. The van der Waals surface area contributed by atoms with Crippen LogP contribution in [-0.2, 0) is 16.0 Å². The Hall–Kier alpha value is -6.60. The van der Waals surface area contributed by atoms with Gasteiger partial charge in [-0.05, 0) is 157 Å². The van der Waals surface area contributed by atoms with Crippen molar-refractivity contribution in [1.82, 2.24) is 19.9 Å². The fourth-order valence-electron chi connectivity index (χ4n) is 9.75. The molecule has 11 rings (SSSR count). The van der Waals surface area contributed by atoms with E-state index in [1.54, 1.807) is 6.92 Å². The zero-order valence-electron chi connectivity index (χ0n) is 36.9. The van der Waals surface area contributed by atoms with Gasteiger partial charge >= 0.3 is 0 Å². The van der Waals surface area contributed by atoms with Crippen LogP contribution in [-0.4, -0.2) is 25.1 Å². The number of halogens is 2. The van der Waals surface area contributed by atoms with Gasteiger partial charge in [0.25, 0.3) is 0 Å². The van der Waals surface area contributed by atoms with E-state index in [1.165, 1.54) is 11.8 Å². The Bertz CT molecular complexity index is 3480. The van der Waals surface area contributed by atoms with Gasteiger partial charge in [-0.1, -0.05) is 151 Å². The average Bonchev–Trinajstić information content (AvgIpc) is 4.22. The summed E-state index contributed by atoms with van der Waals surface area (Å²) >= 11 is 6.12.